The number of rotatable bonds is 9. The van der Waals surface area contributed by atoms with E-state index in [-0.39, 0.29) is 0 Å². The molecule has 1 heterocycles. The molecule has 0 unspecified atom stereocenters. The molecule has 1 aliphatic heterocycles. The number of benzene rings is 1. The van der Waals surface area contributed by atoms with Gasteiger partial charge in [-0.3, -0.25) is 4.90 Å². The summed E-state index contributed by atoms with van der Waals surface area (Å²) in [6.07, 6.45) is 6.84. The van der Waals surface area contributed by atoms with Gasteiger partial charge < -0.3 is 4.90 Å². The molecule has 0 saturated carbocycles. The van der Waals surface area contributed by atoms with E-state index in [2.05, 4.69) is 54.0 Å². The number of piperidine rings is 1. The molecular weight excluding hydrogens is 268 g/mol. The van der Waals surface area contributed by atoms with Crippen LogP contribution in [0.3, 0.4) is 0 Å². The second-order valence-corrected chi connectivity index (χ2v) is 6.78. The molecule has 1 aromatic rings. The van der Waals surface area contributed by atoms with E-state index in [0.29, 0.717) is 0 Å². The zero-order chi connectivity index (χ0) is 15.6. The minimum atomic E-state index is 0.947. The first-order valence-corrected chi connectivity index (χ1v) is 9.30. The van der Waals surface area contributed by atoms with Crippen molar-refractivity contribution in [1.29, 1.82) is 0 Å². The molecule has 0 aliphatic carbocycles. The first-order chi connectivity index (χ1) is 10.8. The fourth-order valence-electron chi connectivity index (χ4n) is 3.45. The maximum Gasteiger partial charge on any atom is 0.0233 e. The third-order valence-corrected chi connectivity index (χ3v) is 5.08. The van der Waals surface area contributed by atoms with Crippen LogP contribution >= 0.6 is 0 Å². The highest BCUT2D eigenvalue weighted by atomic mass is 15.1. The Bertz CT molecular complexity index is 382. The van der Waals surface area contributed by atoms with Crippen LogP contribution in [-0.2, 0) is 6.54 Å². The molecule has 2 rings (SSSR count). The molecule has 1 fully saturated rings. The van der Waals surface area contributed by atoms with Crippen molar-refractivity contribution in [3.63, 3.8) is 0 Å². The quantitative estimate of drug-likeness (QED) is 0.666. The Hall–Kier alpha value is -0.860. The smallest absolute Gasteiger partial charge is 0.0233 e. The van der Waals surface area contributed by atoms with Crippen molar-refractivity contribution in [2.45, 2.75) is 52.5 Å². The summed E-state index contributed by atoms with van der Waals surface area (Å²) >= 11 is 0. The van der Waals surface area contributed by atoms with Crippen LogP contribution in [0.1, 0.15) is 51.5 Å². The van der Waals surface area contributed by atoms with Crippen LogP contribution in [0.5, 0.6) is 0 Å². The van der Waals surface area contributed by atoms with Crippen LogP contribution in [0.15, 0.2) is 30.3 Å². The van der Waals surface area contributed by atoms with Gasteiger partial charge in [0.1, 0.15) is 0 Å². The number of unbranched alkanes of at least 4 members (excludes halogenated alkanes) is 1. The predicted octanol–water partition coefficient (Wildman–Crippen LogP) is 4.41. The average Bonchev–Trinajstić information content (AvgIpc) is 2.57. The zero-order valence-corrected chi connectivity index (χ0v) is 14.6. The highest BCUT2D eigenvalue weighted by molar-refractivity contribution is 5.14. The van der Waals surface area contributed by atoms with Gasteiger partial charge in [-0.1, -0.05) is 50.6 Å². The Labute approximate surface area is 137 Å². The molecule has 22 heavy (non-hydrogen) atoms. The van der Waals surface area contributed by atoms with Crippen LogP contribution in [0, 0.1) is 5.92 Å². The van der Waals surface area contributed by atoms with Crippen LogP contribution in [0.4, 0.5) is 0 Å². The van der Waals surface area contributed by atoms with Crippen LogP contribution in [0.25, 0.3) is 0 Å². The summed E-state index contributed by atoms with van der Waals surface area (Å²) in [7, 11) is 0. The van der Waals surface area contributed by atoms with E-state index in [0.717, 1.165) is 12.5 Å². The van der Waals surface area contributed by atoms with Gasteiger partial charge in [0, 0.05) is 6.54 Å². The summed E-state index contributed by atoms with van der Waals surface area (Å²) in [4.78, 5) is 5.26. The van der Waals surface area contributed by atoms with Gasteiger partial charge in [-0.2, -0.15) is 0 Å². The number of likely N-dealkylation sites (tertiary alicyclic amines) is 1. The van der Waals surface area contributed by atoms with Gasteiger partial charge in [0.05, 0.1) is 0 Å². The lowest BCUT2D eigenvalue weighted by atomic mass is 9.93. The molecule has 0 radical (unpaired) electrons. The van der Waals surface area contributed by atoms with Crippen LogP contribution in [-0.4, -0.2) is 42.5 Å². The van der Waals surface area contributed by atoms with E-state index < -0.39 is 0 Å². The highest BCUT2D eigenvalue weighted by Gasteiger charge is 2.19. The molecule has 0 amide bonds. The van der Waals surface area contributed by atoms with E-state index in [1.165, 1.54) is 70.4 Å². The van der Waals surface area contributed by atoms with Gasteiger partial charge in [0.15, 0.2) is 0 Å². The summed E-state index contributed by atoms with van der Waals surface area (Å²) in [5.74, 6) is 0.947. The number of hydrogen-bond acceptors (Lipinski definition) is 2. The molecule has 2 nitrogen and oxygen atoms in total. The average molecular weight is 303 g/mol. The summed E-state index contributed by atoms with van der Waals surface area (Å²) < 4.78 is 0. The Morgan fingerprint density at radius 3 is 2.41 bits per heavy atom. The van der Waals surface area contributed by atoms with Crippen molar-refractivity contribution in [3.8, 4) is 0 Å². The van der Waals surface area contributed by atoms with Crippen LogP contribution < -0.4 is 0 Å². The van der Waals surface area contributed by atoms with Gasteiger partial charge in [0.25, 0.3) is 0 Å². The third kappa shape index (κ3) is 6.10. The molecule has 1 saturated heterocycles. The fourth-order valence-corrected chi connectivity index (χ4v) is 3.45. The second-order valence-electron chi connectivity index (χ2n) is 6.78. The molecule has 2 heteroatoms. The predicted molar refractivity (Wildman–Crippen MR) is 96.1 cm³/mol. The molecule has 0 N–H and O–H groups in total. The minimum Gasteiger partial charge on any atom is -0.304 e. The third-order valence-electron chi connectivity index (χ3n) is 5.08. The van der Waals surface area contributed by atoms with Crippen molar-refractivity contribution in [3.05, 3.63) is 35.9 Å². The largest absolute Gasteiger partial charge is 0.304 e. The fraction of sp³-hybridized carbons (Fsp3) is 0.700. The number of hydrogen-bond donors (Lipinski definition) is 0. The molecule has 1 aliphatic rings. The minimum absolute atomic E-state index is 0.947. The topological polar surface area (TPSA) is 6.48 Å². The Balaban J connectivity index is 1.64. The molecule has 0 bridgehead atoms. The van der Waals surface area contributed by atoms with Crippen molar-refractivity contribution in [2.24, 2.45) is 5.92 Å². The van der Waals surface area contributed by atoms with E-state index in [1.54, 1.807) is 0 Å². The molecule has 0 spiro atoms. The van der Waals surface area contributed by atoms with E-state index >= 15 is 0 Å². The number of nitrogens with zero attached hydrogens (tertiary/aromatic N) is 2. The van der Waals surface area contributed by atoms with Crippen molar-refractivity contribution >= 4 is 0 Å². The van der Waals surface area contributed by atoms with E-state index in [9.17, 15) is 0 Å². The van der Waals surface area contributed by atoms with Gasteiger partial charge in [-0.05, 0) is 69.9 Å². The molecule has 1 aromatic carbocycles. The van der Waals surface area contributed by atoms with Crippen LogP contribution in [0.2, 0.25) is 0 Å². The van der Waals surface area contributed by atoms with Crippen molar-refractivity contribution in [2.75, 3.05) is 32.7 Å². The van der Waals surface area contributed by atoms with E-state index in [4.69, 9.17) is 0 Å². The molecular formula is C20H34N2. The lowest BCUT2D eigenvalue weighted by Crippen LogP contribution is -2.35. The molecule has 124 valence electrons. The Morgan fingerprint density at radius 1 is 1.05 bits per heavy atom. The van der Waals surface area contributed by atoms with Crippen molar-refractivity contribution in [1.82, 2.24) is 9.80 Å². The van der Waals surface area contributed by atoms with Gasteiger partial charge >= 0.3 is 0 Å². The summed E-state index contributed by atoms with van der Waals surface area (Å²) in [6, 6.07) is 10.9. The summed E-state index contributed by atoms with van der Waals surface area (Å²) in [5, 5.41) is 0. The maximum absolute atomic E-state index is 2.64. The normalized spacial score (nSPS) is 17.2. The van der Waals surface area contributed by atoms with Crippen molar-refractivity contribution < 1.29 is 0 Å². The lowest BCUT2D eigenvalue weighted by Gasteiger charge is -2.33. The Morgan fingerprint density at radius 2 is 1.77 bits per heavy atom. The Kier molecular flexibility index (Phi) is 7.96. The molecule has 0 aromatic heterocycles. The first kappa shape index (κ1) is 17.5. The zero-order valence-electron chi connectivity index (χ0n) is 14.6. The van der Waals surface area contributed by atoms with E-state index in [1.807, 2.05) is 0 Å². The van der Waals surface area contributed by atoms with Gasteiger partial charge in [-0.15, -0.1) is 0 Å². The maximum atomic E-state index is 2.64. The summed E-state index contributed by atoms with van der Waals surface area (Å²) in [6.45, 7) is 12.1. The highest BCUT2D eigenvalue weighted by Crippen LogP contribution is 2.22. The second kappa shape index (κ2) is 10.0. The first-order valence-electron chi connectivity index (χ1n) is 9.30. The monoisotopic (exact) mass is 302 g/mol. The van der Waals surface area contributed by atoms with Gasteiger partial charge in [0.2, 0.25) is 0 Å². The molecule has 0 atom stereocenters. The standard InChI is InChI=1S/C20H34N2/c1-3-5-14-21(4-2)15-11-19-12-16-22(17-13-19)18-20-9-7-6-8-10-20/h6-10,19H,3-5,11-18H2,1-2H3. The van der Waals surface area contributed by atoms with Gasteiger partial charge in [-0.25, -0.2) is 0 Å². The SMILES string of the molecule is CCCCN(CC)CCC1CCN(Cc2ccccc2)CC1. The lowest BCUT2D eigenvalue weighted by molar-refractivity contribution is 0.159. The summed E-state index contributed by atoms with van der Waals surface area (Å²) in [5.41, 5.74) is 1.46.